The molecule has 0 amide bonds. The molecule has 3 aromatic carbocycles. The Morgan fingerprint density at radius 3 is 2.27 bits per heavy atom. The molecule has 37 heavy (non-hydrogen) atoms. The molecule has 4 rings (SSSR count). The number of morpholine rings is 1. The number of anilines is 3. The van der Waals surface area contributed by atoms with Crippen LogP contribution < -0.4 is 23.8 Å². The van der Waals surface area contributed by atoms with E-state index in [0.717, 1.165) is 0 Å². The van der Waals surface area contributed by atoms with Gasteiger partial charge in [0.1, 0.15) is 16.4 Å². The van der Waals surface area contributed by atoms with E-state index in [1.807, 2.05) is 11.8 Å². The van der Waals surface area contributed by atoms with Gasteiger partial charge in [0.25, 0.3) is 20.0 Å². The Labute approximate surface area is 217 Å². The van der Waals surface area contributed by atoms with E-state index in [4.69, 9.17) is 14.2 Å². The van der Waals surface area contributed by atoms with Crippen LogP contribution in [0.5, 0.6) is 11.5 Å². The molecule has 0 unspecified atom stereocenters. The average molecular weight is 548 g/mol. The summed E-state index contributed by atoms with van der Waals surface area (Å²) < 4.78 is 74.4. The molecule has 1 aliphatic heterocycles. The van der Waals surface area contributed by atoms with E-state index in [0.29, 0.717) is 50.1 Å². The van der Waals surface area contributed by atoms with Crippen molar-refractivity contribution in [3.8, 4) is 11.5 Å². The third-order valence-corrected chi connectivity index (χ3v) is 8.44. The van der Waals surface area contributed by atoms with Gasteiger partial charge in [-0.15, -0.1) is 0 Å². The number of nitrogens with one attached hydrogen (secondary N) is 2. The van der Waals surface area contributed by atoms with Crippen LogP contribution in [0.15, 0.2) is 76.5 Å². The van der Waals surface area contributed by atoms with Crippen molar-refractivity contribution in [2.75, 3.05) is 54.4 Å². The minimum Gasteiger partial charge on any atom is -0.495 e. The molecule has 0 radical (unpaired) electrons. The van der Waals surface area contributed by atoms with Crippen molar-refractivity contribution in [1.82, 2.24) is 0 Å². The highest BCUT2D eigenvalue weighted by Gasteiger charge is 2.26. The SMILES string of the molecule is CCOc1ccc(S(=O)(=O)Nc2ccc(N3CCOCC3)c(S(=O)(=O)Nc3ccccc3OC)c2)cc1. The molecule has 3 aromatic rings. The normalized spacial score (nSPS) is 14.2. The number of hydrogen-bond acceptors (Lipinski definition) is 8. The molecule has 10 nitrogen and oxygen atoms in total. The third-order valence-electron chi connectivity index (χ3n) is 5.65. The standard InChI is InChI=1S/C25H29N3O7S2/c1-3-35-20-9-11-21(12-10-20)36(29,30)26-19-8-13-23(28-14-16-34-17-15-28)25(18-19)37(31,32)27-22-6-4-5-7-24(22)33-2/h4-13,18,26-27H,3,14-17H2,1-2H3. The van der Waals surface area contributed by atoms with E-state index in [1.165, 1.54) is 25.3 Å². The Balaban J connectivity index is 1.70. The van der Waals surface area contributed by atoms with Gasteiger partial charge in [0.15, 0.2) is 0 Å². The fraction of sp³-hybridized carbons (Fsp3) is 0.280. The number of ether oxygens (including phenoxy) is 3. The summed E-state index contributed by atoms with van der Waals surface area (Å²) >= 11 is 0. The van der Waals surface area contributed by atoms with E-state index < -0.39 is 20.0 Å². The fourth-order valence-electron chi connectivity index (χ4n) is 3.88. The van der Waals surface area contributed by atoms with Crippen LogP contribution in [0.2, 0.25) is 0 Å². The Kier molecular flexibility index (Phi) is 8.10. The number of benzene rings is 3. The van der Waals surface area contributed by atoms with Gasteiger partial charge in [-0.2, -0.15) is 0 Å². The number of nitrogens with zero attached hydrogens (tertiary/aromatic N) is 1. The van der Waals surface area contributed by atoms with Crippen molar-refractivity contribution >= 4 is 37.1 Å². The number of sulfonamides is 2. The number of para-hydroxylation sites is 2. The fourth-order valence-corrected chi connectivity index (χ4v) is 6.26. The quantitative estimate of drug-likeness (QED) is 0.395. The summed E-state index contributed by atoms with van der Waals surface area (Å²) in [5.41, 5.74) is 0.805. The van der Waals surface area contributed by atoms with E-state index in [2.05, 4.69) is 9.44 Å². The summed E-state index contributed by atoms with van der Waals surface area (Å²) in [4.78, 5) is 1.84. The van der Waals surface area contributed by atoms with Crippen molar-refractivity contribution in [3.05, 3.63) is 66.7 Å². The molecule has 1 saturated heterocycles. The molecule has 0 atom stereocenters. The van der Waals surface area contributed by atoms with Crippen LogP contribution in [0.1, 0.15) is 6.92 Å². The zero-order chi connectivity index (χ0) is 26.5. The van der Waals surface area contributed by atoms with Gasteiger partial charge in [-0.25, -0.2) is 16.8 Å². The smallest absolute Gasteiger partial charge is 0.264 e. The predicted molar refractivity (Wildman–Crippen MR) is 142 cm³/mol. The maximum absolute atomic E-state index is 13.6. The highest BCUT2D eigenvalue weighted by atomic mass is 32.2. The molecule has 1 aliphatic rings. The molecule has 12 heteroatoms. The summed E-state index contributed by atoms with van der Waals surface area (Å²) in [6.07, 6.45) is 0. The van der Waals surface area contributed by atoms with Gasteiger partial charge in [-0.3, -0.25) is 9.44 Å². The molecular weight excluding hydrogens is 518 g/mol. The molecule has 2 N–H and O–H groups in total. The van der Waals surface area contributed by atoms with Crippen LogP contribution in [-0.2, 0) is 24.8 Å². The highest BCUT2D eigenvalue weighted by molar-refractivity contribution is 7.93. The predicted octanol–water partition coefficient (Wildman–Crippen LogP) is 3.53. The molecule has 0 spiro atoms. The second-order valence-corrected chi connectivity index (χ2v) is 11.4. The summed E-state index contributed by atoms with van der Waals surface area (Å²) in [6.45, 7) is 4.18. The van der Waals surface area contributed by atoms with E-state index in [9.17, 15) is 16.8 Å². The van der Waals surface area contributed by atoms with Gasteiger partial charge < -0.3 is 19.1 Å². The Bertz CT molecular complexity index is 1440. The largest absolute Gasteiger partial charge is 0.495 e. The van der Waals surface area contributed by atoms with Crippen LogP contribution >= 0.6 is 0 Å². The number of methoxy groups -OCH3 is 1. The summed E-state index contributed by atoms with van der Waals surface area (Å²) in [7, 11) is -6.69. The second kappa shape index (κ2) is 11.3. The van der Waals surface area contributed by atoms with E-state index in [-0.39, 0.29) is 21.2 Å². The van der Waals surface area contributed by atoms with Crippen LogP contribution in [0.25, 0.3) is 0 Å². The maximum atomic E-state index is 13.6. The van der Waals surface area contributed by atoms with Gasteiger partial charge >= 0.3 is 0 Å². The molecule has 0 saturated carbocycles. The lowest BCUT2D eigenvalue weighted by atomic mass is 10.2. The zero-order valence-corrected chi connectivity index (χ0v) is 22.1. The van der Waals surface area contributed by atoms with E-state index >= 15 is 0 Å². The van der Waals surface area contributed by atoms with Gasteiger partial charge in [-0.1, -0.05) is 12.1 Å². The molecular formula is C25H29N3O7S2. The van der Waals surface area contributed by atoms with Crippen LogP contribution in [-0.4, -0.2) is 56.9 Å². The van der Waals surface area contributed by atoms with Crippen LogP contribution in [0, 0.1) is 0 Å². The van der Waals surface area contributed by atoms with Gasteiger partial charge in [0, 0.05) is 13.1 Å². The Morgan fingerprint density at radius 1 is 0.892 bits per heavy atom. The summed E-state index contributed by atoms with van der Waals surface area (Å²) in [6, 6.07) is 17.1. The monoisotopic (exact) mass is 547 g/mol. The van der Waals surface area contributed by atoms with Gasteiger partial charge in [-0.05, 0) is 61.5 Å². The number of hydrogen-bond donors (Lipinski definition) is 2. The first-order valence-corrected chi connectivity index (χ1v) is 14.6. The molecule has 198 valence electrons. The lowest BCUT2D eigenvalue weighted by Gasteiger charge is -2.30. The first kappa shape index (κ1) is 26.6. The van der Waals surface area contributed by atoms with Crippen molar-refractivity contribution < 1.29 is 31.0 Å². The Morgan fingerprint density at radius 2 is 1.59 bits per heavy atom. The Hall–Kier alpha value is -3.48. The average Bonchev–Trinajstić information content (AvgIpc) is 2.89. The van der Waals surface area contributed by atoms with Gasteiger partial charge in [0.05, 0.1) is 48.9 Å². The first-order chi connectivity index (χ1) is 17.7. The van der Waals surface area contributed by atoms with Crippen LogP contribution in [0.3, 0.4) is 0 Å². The highest BCUT2D eigenvalue weighted by Crippen LogP contribution is 2.33. The molecule has 0 aromatic heterocycles. The summed E-state index contributed by atoms with van der Waals surface area (Å²) in [5, 5.41) is 0. The van der Waals surface area contributed by atoms with Crippen LogP contribution in [0.4, 0.5) is 17.1 Å². The van der Waals surface area contributed by atoms with Gasteiger partial charge in [0.2, 0.25) is 0 Å². The molecule has 1 fully saturated rings. The maximum Gasteiger partial charge on any atom is 0.264 e. The van der Waals surface area contributed by atoms with E-state index in [1.54, 1.807) is 48.5 Å². The first-order valence-electron chi connectivity index (χ1n) is 11.6. The topological polar surface area (TPSA) is 123 Å². The van der Waals surface area contributed by atoms with Crippen molar-refractivity contribution in [2.45, 2.75) is 16.7 Å². The van der Waals surface area contributed by atoms with Crippen molar-refractivity contribution in [2.24, 2.45) is 0 Å². The lowest BCUT2D eigenvalue weighted by Crippen LogP contribution is -2.37. The molecule has 1 heterocycles. The minimum atomic E-state index is -4.14. The third kappa shape index (κ3) is 6.27. The zero-order valence-electron chi connectivity index (χ0n) is 20.5. The minimum absolute atomic E-state index is 0.0183. The number of rotatable bonds is 10. The van der Waals surface area contributed by atoms with Crippen molar-refractivity contribution in [1.29, 1.82) is 0 Å². The lowest BCUT2D eigenvalue weighted by molar-refractivity contribution is 0.122. The summed E-state index contributed by atoms with van der Waals surface area (Å²) in [5.74, 6) is 0.901. The van der Waals surface area contributed by atoms with Crippen molar-refractivity contribution in [3.63, 3.8) is 0 Å². The second-order valence-electron chi connectivity index (χ2n) is 8.10. The molecule has 0 bridgehead atoms. The molecule has 0 aliphatic carbocycles.